The monoisotopic (exact) mass is 289 g/mol. The molecule has 0 radical (unpaired) electrons. The van der Waals surface area contributed by atoms with E-state index in [2.05, 4.69) is 39.9 Å². The van der Waals surface area contributed by atoms with Gasteiger partial charge in [-0.15, -0.1) is 0 Å². The molecule has 0 saturated heterocycles. The number of nitrogens with one attached hydrogen (secondary N) is 2. The number of amides is 1. The van der Waals surface area contributed by atoms with E-state index >= 15 is 0 Å². The van der Waals surface area contributed by atoms with Gasteiger partial charge in [0.2, 0.25) is 5.91 Å². The van der Waals surface area contributed by atoms with Crippen molar-refractivity contribution in [2.45, 2.75) is 30.6 Å². The van der Waals surface area contributed by atoms with Crippen molar-refractivity contribution in [2.75, 3.05) is 13.1 Å². The third kappa shape index (κ3) is 3.76. The minimum absolute atomic E-state index is 0.142. The van der Waals surface area contributed by atoms with Crippen LogP contribution in [0.1, 0.15) is 30.1 Å². The van der Waals surface area contributed by atoms with E-state index in [9.17, 15) is 4.79 Å². The van der Waals surface area contributed by atoms with Crippen LogP contribution in [0.4, 0.5) is 0 Å². The van der Waals surface area contributed by atoms with E-state index in [1.807, 2.05) is 6.07 Å². The summed E-state index contributed by atoms with van der Waals surface area (Å²) in [6, 6.07) is 10.9. The van der Waals surface area contributed by atoms with Crippen LogP contribution in [-0.4, -0.2) is 30.2 Å². The Labute approximate surface area is 123 Å². The van der Waals surface area contributed by atoms with Crippen LogP contribution in [0.2, 0.25) is 0 Å². The molecule has 106 valence electrons. The standard InChI is InChI=1S/C15H19N3OS/c19-14(18-12-6-7-12)8-9-16-15-17-10-13(20-15)11-4-2-1-3-5-11/h1-5,12-13H,6-10H2,(H,16,17)(H,18,19). The van der Waals surface area contributed by atoms with Gasteiger partial charge in [-0.1, -0.05) is 42.1 Å². The summed E-state index contributed by atoms with van der Waals surface area (Å²) in [5.74, 6) is 0.142. The van der Waals surface area contributed by atoms with Gasteiger partial charge in [0.05, 0.1) is 11.8 Å². The average Bonchev–Trinajstić information content (AvgIpc) is 3.15. The highest BCUT2D eigenvalue weighted by Crippen LogP contribution is 2.34. The molecule has 4 nitrogen and oxygen atoms in total. The van der Waals surface area contributed by atoms with Crippen LogP contribution < -0.4 is 10.6 Å². The van der Waals surface area contributed by atoms with Crippen molar-refractivity contribution >= 4 is 22.8 Å². The van der Waals surface area contributed by atoms with Crippen molar-refractivity contribution in [1.29, 1.82) is 0 Å². The quantitative estimate of drug-likeness (QED) is 0.872. The predicted molar refractivity (Wildman–Crippen MR) is 82.9 cm³/mol. The molecule has 0 aromatic heterocycles. The number of thioether (sulfide) groups is 1. The summed E-state index contributed by atoms with van der Waals surface area (Å²) in [6.45, 7) is 1.47. The van der Waals surface area contributed by atoms with Crippen LogP contribution in [0.15, 0.2) is 35.3 Å². The molecule has 1 atom stereocenters. The minimum Gasteiger partial charge on any atom is -0.364 e. The Bertz CT molecular complexity index is 499. The topological polar surface area (TPSA) is 53.5 Å². The van der Waals surface area contributed by atoms with E-state index < -0.39 is 0 Å². The van der Waals surface area contributed by atoms with Crippen molar-refractivity contribution < 1.29 is 4.79 Å². The SMILES string of the molecule is O=C(CCNC1=NCC(c2ccccc2)S1)NC1CC1. The molecule has 2 aliphatic rings. The molecular weight excluding hydrogens is 270 g/mol. The lowest BCUT2D eigenvalue weighted by atomic mass is 10.1. The van der Waals surface area contributed by atoms with E-state index in [4.69, 9.17) is 0 Å². The third-order valence-corrected chi connectivity index (χ3v) is 4.60. The number of carbonyl (C=O) groups is 1. The molecular formula is C15H19N3OS. The zero-order chi connectivity index (χ0) is 13.8. The normalized spacial score (nSPS) is 21.4. The van der Waals surface area contributed by atoms with Crippen LogP contribution in [0.3, 0.4) is 0 Å². The highest BCUT2D eigenvalue weighted by atomic mass is 32.2. The van der Waals surface area contributed by atoms with Crippen LogP contribution in [0, 0.1) is 0 Å². The number of rotatable bonds is 5. The highest BCUT2D eigenvalue weighted by Gasteiger charge is 2.23. The fourth-order valence-electron chi connectivity index (χ4n) is 2.12. The van der Waals surface area contributed by atoms with E-state index in [1.165, 1.54) is 5.56 Å². The fraction of sp³-hybridized carbons (Fsp3) is 0.467. The number of amidine groups is 1. The second-order valence-corrected chi connectivity index (χ2v) is 6.37. The lowest BCUT2D eigenvalue weighted by Gasteiger charge is -2.09. The van der Waals surface area contributed by atoms with Gasteiger partial charge in [0.15, 0.2) is 5.17 Å². The number of aliphatic imine (C=N–C) groups is 1. The Morgan fingerprint density at radius 1 is 1.30 bits per heavy atom. The molecule has 1 aromatic rings. The molecule has 1 aromatic carbocycles. The Morgan fingerprint density at radius 3 is 2.85 bits per heavy atom. The third-order valence-electron chi connectivity index (χ3n) is 3.40. The van der Waals surface area contributed by atoms with Gasteiger partial charge in [-0.3, -0.25) is 9.79 Å². The van der Waals surface area contributed by atoms with E-state index in [0.717, 1.165) is 24.6 Å². The number of carbonyl (C=O) groups excluding carboxylic acids is 1. The first-order valence-electron chi connectivity index (χ1n) is 7.10. The molecule has 3 rings (SSSR count). The largest absolute Gasteiger partial charge is 0.364 e. The van der Waals surface area contributed by atoms with Gasteiger partial charge in [0, 0.05) is 19.0 Å². The van der Waals surface area contributed by atoms with Crippen LogP contribution in [0.5, 0.6) is 0 Å². The summed E-state index contributed by atoms with van der Waals surface area (Å²) in [6.07, 6.45) is 2.80. The molecule has 1 unspecified atom stereocenters. The smallest absolute Gasteiger partial charge is 0.221 e. The van der Waals surface area contributed by atoms with Gasteiger partial charge < -0.3 is 10.6 Å². The van der Waals surface area contributed by atoms with E-state index in [0.29, 0.717) is 24.3 Å². The molecule has 1 aliphatic carbocycles. The molecule has 2 N–H and O–H groups in total. The number of nitrogens with zero attached hydrogens (tertiary/aromatic N) is 1. The predicted octanol–water partition coefficient (Wildman–Crippen LogP) is 2.09. The Hall–Kier alpha value is -1.49. The van der Waals surface area contributed by atoms with Crippen LogP contribution >= 0.6 is 11.8 Å². The summed E-state index contributed by atoms with van der Waals surface area (Å²) >= 11 is 1.75. The van der Waals surface area contributed by atoms with Gasteiger partial charge in [0.1, 0.15) is 0 Å². The summed E-state index contributed by atoms with van der Waals surface area (Å²) in [4.78, 5) is 16.1. The zero-order valence-corrected chi connectivity index (χ0v) is 12.2. The molecule has 1 amide bonds. The number of hydrogen-bond acceptors (Lipinski definition) is 4. The summed E-state index contributed by atoms with van der Waals surface area (Å²) in [5.41, 5.74) is 1.31. The molecule has 1 saturated carbocycles. The number of benzene rings is 1. The van der Waals surface area contributed by atoms with E-state index in [1.54, 1.807) is 11.8 Å². The summed E-state index contributed by atoms with van der Waals surface area (Å²) < 4.78 is 0. The molecule has 5 heteroatoms. The minimum atomic E-state index is 0.142. The van der Waals surface area contributed by atoms with Crippen molar-refractivity contribution in [3.63, 3.8) is 0 Å². The Balaban J connectivity index is 1.38. The lowest BCUT2D eigenvalue weighted by molar-refractivity contribution is -0.121. The second-order valence-electron chi connectivity index (χ2n) is 5.18. The average molecular weight is 289 g/mol. The van der Waals surface area contributed by atoms with Gasteiger partial charge in [-0.05, 0) is 18.4 Å². The molecule has 0 spiro atoms. The lowest BCUT2D eigenvalue weighted by Crippen LogP contribution is -2.30. The van der Waals surface area contributed by atoms with Gasteiger partial charge in [-0.25, -0.2) is 0 Å². The molecule has 1 aliphatic heterocycles. The summed E-state index contributed by atoms with van der Waals surface area (Å²) in [7, 11) is 0. The van der Waals surface area contributed by atoms with Gasteiger partial charge in [-0.2, -0.15) is 0 Å². The van der Waals surface area contributed by atoms with Crippen molar-refractivity contribution in [2.24, 2.45) is 4.99 Å². The van der Waals surface area contributed by atoms with Crippen molar-refractivity contribution in [1.82, 2.24) is 10.6 Å². The molecule has 0 bridgehead atoms. The number of hydrogen-bond donors (Lipinski definition) is 2. The molecule has 1 fully saturated rings. The van der Waals surface area contributed by atoms with Crippen molar-refractivity contribution in [3.05, 3.63) is 35.9 Å². The molecule has 20 heavy (non-hydrogen) atoms. The summed E-state index contributed by atoms with van der Waals surface area (Å²) in [5, 5.41) is 7.60. The zero-order valence-electron chi connectivity index (χ0n) is 11.3. The highest BCUT2D eigenvalue weighted by molar-refractivity contribution is 8.14. The maximum Gasteiger partial charge on any atom is 0.221 e. The maximum absolute atomic E-state index is 11.6. The maximum atomic E-state index is 11.6. The first kappa shape index (κ1) is 13.5. The fourth-order valence-corrected chi connectivity index (χ4v) is 3.17. The van der Waals surface area contributed by atoms with Gasteiger partial charge >= 0.3 is 0 Å². The Morgan fingerprint density at radius 2 is 2.10 bits per heavy atom. The first-order chi connectivity index (χ1) is 9.81. The Kier molecular flexibility index (Phi) is 4.25. The molecule has 1 heterocycles. The van der Waals surface area contributed by atoms with Crippen LogP contribution in [-0.2, 0) is 4.79 Å². The van der Waals surface area contributed by atoms with Crippen LogP contribution in [0.25, 0.3) is 0 Å². The van der Waals surface area contributed by atoms with Gasteiger partial charge in [0.25, 0.3) is 0 Å². The first-order valence-corrected chi connectivity index (χ1v) is 7.98. The second kappa shape index (κ2) is 6.31. The van der Waals surface area contributed by atoms with Crippen molar-refractivity contribution in [3.8, 4) is 0 Å². The van der Waals surface area contributed by atoms with E-state index in [-0.39, 0.29) is 5.91 Å².